The number of hydrogen-bond donors (Lipinski definition) is 0. The molecule has 0 aliphatic rings. The predicted octanol–water partition coefficient (Wildman–Crippen LogP) is 4.35. The maximum Gasteiger partial charge on any atom is 0.310 e. The Morgan fingerprint density at radius 1 is 1.15 bits per heavy atom. The lowest BCUT2D eigenvalue weighted by Crippen LogP contribution is -2.07. The van der Waals surface area contributed by atoms with Crippen molar-refractivity contribution in [3.63, 3.8) is 0 Å². The summed E-state index contributed by atoms with van der Waals surface area (Å²) < 4.78 is 15.3. The van der Waals surface area contributed by atoms with E-state index in [2.05, 4.69) is 0 Å². The minimum Gasteiger partial charge on any atom is -0.497 e. The molecule has 1 aromatic carbocycles. The molecule has 0 saturated heterocycles. The maximum absolute atomic E-state index is 12.8. The topological polar surface area (TPSA) is 65.7 Å². The van der Waals surface area contributed by atoms with E-state index in [1.54, 1.807) is 56.9 Å². The molecule has 0 bridgehead atoms. The van der Waals surface area contributed by atoms with E-state index in [1.165, 1.54) is 11.3 Å². The van der Waals surface area contributed by atoms with Crippen LogP contribution in [-0.4, -0.2) is 25.5 Å². The van der Waals surface area contributed by atoms with Crippen LogP contribution < -0.4 is 4.74 Å². The molecule has 3 rings (SSSR count). The number of ketones is 1. The largest absolute Gasteiger partial charge is 0.497 e. The van der Waals surface area contributed by atoms with Gasteiger partial charge in [0.05, 0.1) is 37.5 Å². The molecule has 134 valence electrons. The van der Waals surface area contributed by atoms with Crippen molar-refractivity contribution in [3.8, 4) is 16.2 Å². The lowest BCUT2D eigenvalue weighted by molar-refractivity contribution is -0.142. The van der Waals surface area contributed by atoms with Gasteiger partial charge >= 0.3 is 5.97 Å². The van der Waals surface area contributed by atoms with Gasteiger partial charge in [-0.2, -0.15) is 0 Å². The molecule has 0 N–H and O–H groups in total. The Hall–Kier alpha value is -2.86. The monoisotopic (exact) mass is 370 g/mol. The summed E-state index contributed by atoms with van der Waals surface area (Å²) in [5.74, 6) is 0.269. The number of ether oxygens (including phenoxy) is 2. The van der Waals surface area contributed by atoms with Crippen LogP contribution in [0.4, 0.5) is 0 Å². The van der Waals surface area contributed by atoms with Crippen LogP contribution >= 0.6 is 11.3 Å². The van der Waals surface area contributed by atoms with Gasteiger partial charge < -0.3 is 13.9 Å². The summed E-state index contributed by atoms with van der Waals surface area (Å²) in [4.78, 5) is 26.1. The van der Waals surface area contributed by atoms with Crippen molar-refractivity contribution in [2.24, 2.45) is 0 Å². The number of benzene rings is 1. The van der Waals surface area contributed by atoms with Crippen LogP contribution in [0.15, 0.2) is 53.3 Å². The van der Waals surface area contributed by atoms with Crippen LogP contribution in [0.25, 0.3) is 10.4 Å². The van der Waals surface area contributed by atoms with Crippen molar-refractivity contribution in [2.45, 2.75) is 13.3 Å². The summed E-state index contributed by atoms with van der Waals surface area (Å²) in [5.41, 5.74) is 2.16. The highest BCUT2D eigenvalue weighted by Crippen LogP contribution is 2.35. The molecule has 6 heteroatoms. The molecular weight excluding hydrogens is 352 g/mol. The first kappa shape index (κ1) is 17.9. The summed E-state index contributed by atoms with van der Waals surface area (Å²) >= 11 is 1.34. The van der Waals surface area contributed by atoms with Gasteiger partial charge in [0, 0.05) is 16.0 Å². The normalized spacial score (nSPS) is 10.5. The van der Waals surface area contributed by atoms with Gasteiger partial charge in [0.1, 0.15) is 5.75 Å². The average molecular weight is 370 g/mol. The molecule has 0 unspecified atom stereocenters. The quantitative estimate of drug-likeness (QED) is 0.457. The smallest absolute Gasteiger partial charge is 0.310 e. The highest BCUT2D eigenvalue weighted by molar-refractivity contribution is 7.17. The van der Waals surface area contributed by atoms with Crippen LogP contribution in [0.3, 0.4) is 0 Å². The van der Waals surface area contributed by atoms with Crippen molar-refractivity contribution in [1.29, 1.82) is 0 Å². The molecule has 3 aromatic rings. The third-order valence-electron chi connectivity index (χ3n) is 3.81. The van der Waals surface area contributed by atoms with Crippen molar-refractivity contribution < 1.29 is 23.5 Å². The molecule has 2 heterocycles. The zero-order valence-corrected chi connectivity index (χ0v) is 15.3. The Labute approximate surface area is 155 Å². The predicted molar refractivity (Wildman–Crippen MR) is 98.8 cm³/mol. The van der Waals surface area contributed by atoms with Gasteiger partial charge in [0.25, 0.3) is 0 Å². The Balaban J connectivity index is 1.94. The number of carbonyl (C=O) groups excluding carboxylic acids is 2. The lowest BCUT2D eigenvalue weighted by atomic mass is 10.1. The van der Waals surface area contributed by atoms with Gasteiger partial charge in [-0.05, 0) is 48.9 Å². The zero-order valence-electron chi connectivity index (χ0n) is 14.5. The van der Waals surface area contributed by atoms with Crippen LogP contribution in [0.2, 0.25) is 0 Å². The molecule has 0 aliphatic carbocycles. The average Bonchev–Trinajstić information content (AvgIpc) is 3.31. The van der Waals surface area contributed by atoms with Gasteiger partial charge in [0.15, 0.2) is 0 Å². The molecule has 0 aliphatic heterocycles. The van der Waals surface area contributed by atoms with E-state index < -0.39 is 0 Å². The highest BCUT2D eigenvalue weighted by Gasteiger charge is 2.20. The molecule has 5 nitrogen and oxygen atoms in total. The number of thiophene rings is 1. The number of furan rings is 1. The maximum atomic E-state index is 12.8. The summed E-state index contributed by atoms with van der Waals surface area (Å²) in [5, 5.41) is 0. The Morgan fingerprint density at radius 2 is 1.92 bits per heavy atom. The van der Waals surface area contributed by atoms with Gasteiger partial charge in [-0.3, -0.25) is 9.59 Å². The van der Waals surface area contributed by atoms with Crippen molar-refractivity contribution >= 4 is 23.1 Å². The fourth-order valence-electron chi connectivity index (χ4n) is 2.56. The minimum atomic E-state index is -0.321. The molecule has 2 aromatic heterocycles. The molecule has 0 fully saturated rings. The van der Waals surface area contributed by atoms with Crippen LogP contribution in [0.1, 0.15) is 27.7 Å². The third kappa shape index (κ3) is 3.86. The van der Waals surface area contributed by atoms with Gasteiger partial charge in [-0.15, -0.1) is 11.3 Å². The molecule has 0 amide bonds. The van der Waals surface area contributed by atoms with Crippen molar-refractivity contribution in [1.82, 2.24) is 0 Å². The number of esters is 1. The van der Waals surface area contributed by atoms with Crippen molar-refractivity contribution in [2.75, 3.05) is 13.7 Å². The van der Waals surface area contributed by atoms with E-state index in [4.69, 9.17) is 13.9 Å². The van der Waals surface area contributed by atoms with E-state index >= 15 is 0 Å². The second-order valence-corrected chi connectivity index (χ2v) is 6.57. The second kappa shape index (κ2) is 8.01. The summed E-state index contributed by atoms with van der Waals surface area (Å²) in [6, 6.07) is 10.5. The Kier molecular flexibility index (Phi) is 5.53. The molecule has 0 spiro atoms. The first-order valence-corrected chi connectivity index (χ1v) is 8.93. The Morgan fingerprint density at radius 3 is 2.54 bits per heavy atom. The fraction of sp³-hybridized carbons (Fsp3) is 0.200. The Bertz CT molecular complexity index is 891. The zero-order chi connectivity index (χ0) is 18.5. The van der Waals surface area contributed by atoms with E-state index in [-0.39, 0.29) is 18.2 Å². The van der Waals surface area contributed by atoms with E-state index in [0.717, 1.165) is 16.0 Å². The molecule has 0 saturated carbocycles. The van der Waals surface area contributed by atoms with Crippen LogP contribution in [0.5, 0.6) is 5.75 Å². The highest BCUT2D eigenvalue weighted by atomic mass is 32.1. The van der Waals surface area contributed by atoms with Gasteiger partial charge in [-0.25, -0.2) is 0 Å². The van der Waals surface area contributed by atoms with Crippen LogP contribution in [0, 0.1) is 0 Å². The number of methoxy groups -OCH3 is 1. The third-order valence-corrected chi connectivity index (χ3v) is 5.03. The number of hydrogen-bond acceptors (Lipinski definition) is 6. The van der Waals surface area contributed by atoms with E-state index in [9.17, 15) is 9.59 Å². The number of rotatable bonds is 7. The summed E-state index contributed by atoms with van der Waals surface area (Å²) in [6.45, 7) is 2.09. The standard InChI is InChI=1S/C20H18O5S/c1-3-25-18(21)11-15-10-17(26-20(15)14-8-9-24-12-14)19(22)13-4-6-16(23-2)7-5-13/h4-10,12H,3,11H2,1-2H3. The SMILES string of the molecule is CCOC(=O)Cc1cc(C(=O)c2ccc(OC)cc2)sc1-c1ccoc1. The van der Waals surface area contributed by atoms with E-state index in [1.807, 2.05) is 6.07 Å². The second-order valence-electron chi connectivity index (χ2n) is 5.52. The summed E-state index contributed by atoms with van der Waals surface area (Å²) in [6.07, 6.45) is 3.27. The van der Waals surface area contributed by atoms with Crippen molar-refractivity contribution in [3.05, 3.63) is 64.9 Å². The minimum absolute atomic E-state index is 0.0995. The molecule has 0 radical (unpaired) electrons. The first-order valence-electron chi connectivity index (χ1n) is 8.12. The molecular formula is C20H18O5S. The first-order chi connectivity index (χ1) is 12.6. The van der Waals surface area contributed by atoms with Gasteiger partial charge in [0.2, 0.25) is 5.78 Å². The lowest BCUT2D eigenvalue weighted by Gasteiger charge is -2.02. The molecule has 26 heavy (non-hydrogen) atoms. The molecule has 0 atom stereocenters. The van der Waals surface area contributed by atoms with Gasteiger partial charge in [-0.1, -0.05) is 0 Å². The fourth-order valence-corrected chi connectivity index (χ4v) is 3.69. The van der Waals surface area contributed by atoms with E-state index in [0.29, 0.717) is 22.8 Å². The van der Waals surface area contributed by atoms with Crippen LogP contribution in [-0.2, 0) is 16.0 Å². The summed E-state index contributed by atoms with van der Waals surface area (Å²) in [7, 11) is 1.58. The number of carbonyl (C=O) groups is 2.